The van der Waals surface area contributed by atoms with Crippen LogP contribution in [-0.2, 0) is 17.6 Å². The zero-order valence-corrected chi connectivity index (χ0v) is 11.5. The molecule has 1 aromatic heterocycles. The Morgan fingerprint density at radius 2 is 2.05 bits per heavy atom. The van der Waals surface area contributed by atoms with Gasteiger partial charge in [-0.05, 0) is 24.3 Å². The first kappa shape index (κ1) is 13.1. The van der Waals surface area contributed by atoms with Gasteiger partial charge in [-0.1, -0.05) is 19.3 Å². The Kier molecular flexibility index (Phi) is 3.20. The standard InChI is InChI=1S/C15H17NO4/c1-16-12(17)8-11-14(15(16)19)10(7-13(18)20-11)6-5-9-3-2-4-9/h7,9H,2-6,8H2,1H3. The van der Waals surface area contributed by atoms with Gasteiger partial charge in [0, 0.05) is 13.1 Å². The number of fused-ring (bicyclic) bond motifs is 1. The lowest BCUT2D eigenvalue weighted by atomic mass is 9.81. The molecule has 1 fully saturated rings. The predicted octanol–water partition coefficient (Wildman–Crippen LogP) is 1.53. The molecule has 0 saturated heterocycles. The summed E-state index contributed by atoms with van der Waals surface area (Å²) in [6.07, 6.45) is 5.42. The molecule has 5 heteroatoms. The molecule has 106 valence electrons. The molecule has 0 atom stereocenters. The lowest BCUT2D eigenvalue weighted by Crippen LogP contribution is -2.40. The fourth-order valence-electron chi connectivity index (χ4n) is 2.85. The Labute approximate surface area is 116 Å². The van der Waals surface area contributed by atoms with E-state index in [0.717, 1.165) is 16.9 Å². The molecule has 0 radical (unpaired) electrons. The number of imide groups is 1. The molecular weight excluding hydrogens is 258 g/mol. The van der Waals surface area contributed by atoms with Crippen molar-refractivity contribution in [3.63, 3.8) is 0 Å². The molecule has 3 rings (SSSR count). The number of hydrogen-bond acceptors (Lipinski definition) is 4. The van der Waals surface area contributed by atoms with E-state index in [2.05, 4.69) is 0 Å². The Hall–Kier alpha value is -1.91. The summed E-state index contributed by atoms with van der Waals surface area (Å²) in [5.74, 6) is 0.246. The second kappa shape index (κ2) is 4.89. The Balaban J connectivity index is 1.95. The summed E-state index contributed by atoms with van der Waals surface area (Å²) in [5.41, 5.74) is 0.677. The molecule has 1 aliphatic carbocycles. The zero-order valence-electron chi connectivity index (χ0n) is 11.5. The van der Waals surface area contributed by atoms with Crippen LogP contribution < -0.4 is 5.63 Å². The van der Waals surface area contributed by atoms with Crippen molar-refractivity contribution in [1.82, 2.24) is 4.90 Å². The van der Waals surface area contributed by atoms with Crippen LogP contribution in [0.15, 0.2) is 15.3 Å². The monoisotopic (exact) mass is 275 g/mol. The molecule has 0 spiro atoms. The van der Waals surface area contributed by atoms with Gasteiger partial charge in [0.1, 0.15) is 5.76 Å². The SMILES string of the molecule is CN1C(=O)Cc2oc(=O)cc(CCC3CCC3)c2C1=O. The second-order valence-corrected chi connectivity index (χ2v) is 5.66. The van der Waals surface area contributed by atoms with Gasteiger partial charge in [0.25, 0.3) is 5.91 Å². The minimum atomic E-state index is -0.475. The molecule has 0 N–H and O–H groups in total. The minimum absolute atomic E-state index is 0.00984. The van der Waals surface area contributed by atoms with E-state index in [1.54, 1.807) is 0 Å². The number of carbonyl (C=O) groups is 2. The van der Waals surface area contributed by atoms with Crippen LogP contribution in [0.1, 0.15) is 47.4 Å². The van der Waals surface area contributed by atoms with E-state index in [-0.39, 0.29) is 24.0 Å². The van der Waals surface area contributed by atoms with E-state index < -0.39 is 5.63 Å². The summed E-state index contributed by atoms with van der Waals surface area (Å²) in [6.45, 7) is 0. The van der Waals surface area contributed by atoms with Gasteiger partial charge in [0.2, 0.25) is 5.91 Å². The highest BCUT2D eigenvalue weighted by Crippen LogP contribution is 2.31. The van der Waals surface area contributed by atoms with Crippen molar-refractivity contribution < 1.29 is 14.0 Å². The molecular formula is C15H17NO4. The van der Waals surface area contributed by atoms with Crippen LogP contribution in [0.4, 0.5) is 0 Å². The second-order valence-electron chi connectivity index (χ2n) is 5.66. The summed E-state index contributed by atoms with van der Waals surface area (Å²) in [7, 11) is 1.47. The Morgan fingerprint density at radius 3 is 2.70 bits per heavy atom. The van der Waals surface area contributed by atoms with Gasteiger partial charge >= 0.3 is 5.63 Å². The van der Waals surface area contributed by atoms with E-state index in [1.165, 1.54) is 32.4 Å². The van der Waals surface area contributed by atoms with Crippen LogP contribution in [0, 0.1) is 5.92 Å². The normalized spacial score (nSPS) is 18.9. The van der Waals surface area contributed by atoms with E-state index in [4.69, 9.17) is 4.42 Å². The van der Waals surface area contributed by atoms with Crippen molar-refractivity contribution in [2.45, 2.75) is 38.5 Å². The number of aryl methyl sites for hydroxylation is 1. The highest BCUT2D eigenvalue weighted by Gasteiger charge is 2.33. The van der Waals surface area contributed by atoms with Gasteiger partial charge in [-0.2, -0.15) is 0 Å². The number of nitrogens with zero attached hydrogens (tertiary/aromatic N) is 1. The molecule has 2 aliphatic rings. The maximum Gasteiger partial charge on any atom is 0.336 e. The molecule has 5 nitrogen and oxygen atoms in total. The lowest BCUT2D eigenvalue weighted by molar-refractivity contribution is -0.127. The third kappa shape index (κ3) is 2.17. The van der Waals surface area contributed by atoms with Gasteiger partial charge < -0.3 is 4.42 Å². The van der Waals surface area contributed by atoms with E-state index in [1.807, 2.05) is 0 Å². The molecule has 2 amide bonds. The predicted molar refractivity (Wildman–Crippen MR) is 71.4 cm³/mol. The van der Waals surface area contributed by atoms with E-state index >= 15 is 0 Å². The topological polar surface area (TPSA) is 67.6 Å². The Bertz CT molecular complexity index is 627. The van der Waals surface area contributed by atoms with Crippen LogP contribution in [-0.4, -0.2) is 23.8 Å². The fraction of sp³-hybridized carbons (Fsp3) is 0.533. The Morgan fingerprint density at radius 1 is 1.30 bits per heavy atom. The molecule has 1 aliphatic heterocycles. The first-order chi connectivity index (χ1) is 9.56. The molecule has 20 heavy (non-hydrogen) atoms. The quantitative estimate of drug-likeness (QED) is 0.784. The number of carbonyl (C=O) groups excluding carboxylic acids is 2. The van der Waals surface area contributed by atoms with Crippen molar-refractivity contribution in [3.05, 3.63) is 33.4 Å². The highest BCUT2D eigenvalue weighted by molar-refractivity contribution is 6.09. The number of likely N-dealkylation sites (N-methyl/N-ethyl adjacent to an activating group) is 1. The van der Waals surface area contributed by atoms with Gasteiger partial charge in [0.05, 0.1) is 12.0 Å². The van der Waals surface area contributed by atoms with Crippen LogP contribution in [0.3, 0.4) is 0 Å². The van der Waals surface area contributed by atoms with Crippen LogP contribution >= 0.6 is 0 Å². The van der Waals surface area contributed by atoms with Crippen LogP contribution in [0.25, 0.3) is 0 Å². The zero-order chi connectivity index (χ0) is 14.3. The smallest absolute Gasteiger partial charge is 0.336 e. The molecule has 1 saturated carbocycles. The lowest BCUT2D eigenvalue weighted by Gasteiger charge is -2.27. The molecule has 0 bridgehead atoms. The van der Waals surface area contributed by atoms with Crippen molar-refractivity contribution in [2.24, 2.45) is 5.92 Å². The summed E-state index contributed by atoms with van der Waals surface area (Å²) in [4.78, 5) is 36.6. The average Bonchev–Trinajstić information content (AvgIpc) is 2.33. The fourth-order valence-corrected chi connectivity index (χ4v) is 2.85. The third-order valence-corrected chi connectivity index (χ3v) is 4.37. The third-order valence-electron chi connectivity index (χ3n) is 4.37. The van der Waals surface area contributed by atoms with Gasteiger partial charge in [-0.25, -0.2) is 4.79 Å². The summed E-state index contributed by atoms with van der Waals surface area (Å²) >= 11 is 0. The summed E-state index contributed by atoms with van der Waals surface area (Å²) < 4.78 is 5.05. The first-order valence-corrected chi connectivity index (χ1v) is 7.03. The molecule has 0 aromatic carbocycles. The number of hydrogen-bond donors (Lipinski definition) is 0. The maximum atomic E-state index is 12.2. The summed E-state index contributed by atoms with van der Waals surface area (Å²) in [6, 6.07) is 1.40. The van der Waals surface area contributed by atoms with Crippen molar-refractivity contribution in [3.8, 4) is 0 Å². The summed E-state index contributed by atoms with van der Waals surface area (Å²) in [5, 5.41) is 0. The van der Waals surface area contributed by atoms with Crippen LogP contribution in [0.5, 0.6) is 0 Å². The van der Waals surface area contributed by atoms with Gasteiger partial charge in [-0.3, -0.25) is 14.5 Å². The minimum Gasteiger partial charge on any atom is -0.426 e. The van der Waals surface area contributed by atoms with Crippen LogP contribution in [0.2, 0.25) is 0 Å². The van der Waals surface area contributed by atoms with Crippen molar-refractivity contribution in [2.75, 3.05) is 7.05 Å². The largest absolute Gasteiger partial charge is 0.426 e. The molecule has 0 unspecified atom stereocenters. The van der Waals surface area contributed by atoms with Crippen molar-refractivity contribution >= 4 is 11.8 Å². The first-order valence-electron chi connectivity index (χ1n) is 7.03. The average molecular weight is 275 g/mol. The number of rotatable bonds is 3. The van der Waals surface area contributed by atoms with Gasteiger partial charge in [-0.15, -0.1) is 0 Å². The maximum absolute atomic E-state index is 12.2. The van der Waals surface area contributed by atoms with E-state index in [0.29, 0.717) is 17.9 Å². The van der Waals surface area contributed by atoms with Gasteiger partial charge in [0.15, 0.2) is 0 Å². The van der Waals surface area contributed by atoms with E-state index in [9.17, 15) is 14.4 Å². The number of amides is 2. The van der Waals surface area contributed by atoms with Crippen molar-refractivity contribution in [1.29, 1.82) is 0 Å². The highest BCUT2D eigenvalue weighted by atomic mass is 16.4. The molecule has 1 aromatic rings. The molecule has 2 heterocycles.